The molecule has 0 aromatic carbocycles. The van der Waals surface area contributed by atoms with E-state index in [1.54, 1.807) is 7.11 Å². The normalized spacial score (nSPS) is 17.2. The predicted molar refractivity (Wildman–Crippen MR) is 76.5 cm³/mol. The van der Waals surface area contributed by atoms with Crippen LogP contribution in [0.4, 0.5) is 0 Å². The van der Waals surface area contributed by atoms with Crippen molar-refractivity contribution < 1.29 is 13.9 Å². The van der Waals surface area contributed by atoms with Crippen molar-refractivity contribution in [3.8, 4) is 0 Å². The van der Waals surface area contributed by atoms with E-state index >= 15 is 0 Å². The molecule has 1 atom stereocenters. The van der Waals surface area contributed by atoms with E-state index in [-0.39, 0.29) is 11.9 Å². The lowest BCUT2D eigenvalue weighted by Gasteiger charge is -2.27. The van der Waals surface area contributed by atoms with Gasteiger partial charge in [-0.1, -0.05) is 0 Å². The Labute approximate surface area is 120 Å². The molecule has 2 heterocycles. The Morgan fingerprint density at radius 3 is 2.75 bits per heavy atom. The summed E-state index contributed by atoms with van der Waals surface area (Å²) in [5.74, 6) is 1.84. The van der Waals surface area contributed by atoms with E-state index in [4.69, 9.17) is 9.15 Å². The van der Waals surface area contributed by atoms with Crippen molar-refractivity contribution >= 4 is 5.91 Å². The maximum absolute atomic E-state index is 12.1. The lowest BCUT2D eigenvalue weighted by atomic mass is 10.1. The number of methoxy groups -OCH3 is 1. The molecule has 0 unspecified atom stereocenters. The van der Waals surface area contributed by atoms with Crippen LogP contribution in [0.15, 0.2) is 16.5 Å². The lowest BCUT2D eigenvalue weighted by molar-refractivity contribution is -0.131. The maximum Gasteiger partial charge on any atom is 0.236 e. The molecule has 1 aliphatic rings. The number of hydrogen-bond acceptors (Lipinski definition) is 4. The SMILES string of the molecule is COC[C@@H](NCC(=O)N1CCCCC1)c1ccc(C)o1. The highest BCUT2D eigenvalue weighted by molar-refractivity contribution is 5.78. The van der Waals surface area contributed by atoms with Crippen LogP contribution in [0.5, 0.6) is 0 Å². The Morgan fingerprint density at radius 1 is 1.40 bits per heavy atom. The topological polar surface area (TPSA) is 54.7 Å². The summed E-state index contributed by atoms with van der Waals surface area (Å²) in [7, 11) is 1.65. The van der Waals surface area contributed by atoms with Crippen molar-refractivity contribution in [2.45, 2.75) is 32.2 Å². The van der Waals surface area contributed by atoms with Gasteiger partial charge in [-0.15, -0.1) is 0 Å². The zero-order valence-electron chi connectivity index (χ0n) is 12.4. The second kappa shape index (κ2) is 7.45. The number of amides is 1. The molecule has 112 valence electrons. The molecule has 0 radical (unpaired) electrons. The number of furan rings is 1. The van der Waals surface area contributed by atoms with Gasteiger partial charge in [-0.3, -0.25) is 10.1 Å². The standard InChI is InChI=1S/C15H24N2O3/c1-12-6-7-14(20-12)13(11-19-2)16-10-15(18)17-8-4-3-5-9-17/h6-7,13,16H,3-5,8-11H2,1-2H3/t13-/m1/s1. The highest BCUT2D eigenvalue weighted by atomic mass is 16.5. The van der Waals surface area contributed by atoms with Crippen molar-refractivity contribution in [1.29, 1.82) is 0 Å². The summed E-state index contributed by atoms with van der Waals surface area (Å²) < 4.78 is 10.8. The fraction of sp³-hybridized carbons (Fsp3) is 0.667. The van der Waals surface area contributed by atoms with Gasteiger partial charge < -0.3 is 14.1 Å². The predicted octanol–water partition coefficient (Wildman–Crippen LogP) is 1.88. The summed E-state index contributed by atoms with van der Waals surface area (Å²) in [6, 6.07) is 3.77. The van der Waals surface area contributed by atoms with Crippen LogP contribution in [-0.2, 0) is 9.53 Å². The smallest absolute Gasteiger partial charge is 0.236 e. The fourth-order valence-corrected chi connectivity index (χ4v) is 2.51. The number of carbonyl (C=O) groups excluding carboxylic acids is 1. The molecule has 5 heteroatoms. The first kappa shape index (κ1) is 15.1. The van der Waals surface area contributed by atoms with E-state index in [0.29, 0.717) is 13.2 Å². The highest BCUT2D eigenvalue weighted by Gasteiger charge is 2.20. The molecule has 1 N–H and O–H groups in total. The molecular formula is C15H24N2O3. The van der Waals surface area contributed by atoms with Crippen LogP contribution in [-0.4, -0.2) is 44.2 Å². The number of rotatable bonds is 6. The number of hydrogen-bond donors (Lipinski definition) is 1. The van der Waals surface area contributed by atoms with Gasteiger partial charge in [0.05, 0.1) is 19.2 Å². The Hall–Kier alpha value is -1.33. The van der Waals surface area contributed by atoms with E-state index in [1.807, 2.05) is 24.0 Å². The van der Waals surface area contributed by atoms with Crippen LogP contribution < -0.4 is 5.32 Å². The van der Waals surface area contributed by atoms with Gasteiger partial charge in [0.2, 0.25) is 5.91 Å². The number of aryl methyl sites for hydroxylation is 1. The zero-order valence-corrected chi connectivity index (χ0v) is 12.4. The maximum atomic E-state index is 12.1. The van der Waals surface area contributed by atoms with Gasteiger partial charge in [0, 0.05) is 20.2 Å². The van der Waals surface area contributed by atoms with Crippen molar-refractivity contribution in [2.75, 3.05) is 33.4 Å². The monoisotopic (exact) mass is 280 g/mol. The van der Waals surface area contributed by atoms with Gasteiger partial charge in [0.15, 0.2) is 0 Å². The van der Waals surface area contributed by atoms with E-state index in [2.05, 4.69) is 5.32 Å². The summed E-state index contributed by atoms with van der Waals surface area (Å²) in [5, 5.41) is 3.24. The van der Waals surface area contributed by atoms with E-state index in [9.17, 15) is 4.79 Å². The molecule has 1 aromatic rings. The molecule has 0 aliphatic carbocycles. The molecule has 0 saturated carbocycles. The summed E-state index contributed by atoms with van der Waals surface area (Å²) in [6.07, 6.45) is 3.46. The summed E-state index contributed by atoms with van der Waals surface area (Å²) in [5.41, 5.74) is 0. The van der Waals surface area contributed by atoms with E-state index < -0.39 is 0 Å². The molecule has 1 fully saturated rings. The Bertz CT molecular complexity index is 425. The molecule has 1 saturated heterocycles. The van der Waals surface area contributed by atoms with Crippen LogP contribution in [0.1, 0.15) is 36.8 Å². The molecule has 1 aromatic heterocycles. The average Bonchev–Trinajstić information content (AvgIpc) is 2.90. The number of nitrogens with zero attached hydrogens (tertiary/aromatic N) is 1. The van der Waals surface area contributed by atoms with Crippen LogP contribution in [0, 0.1) is 6.92 Å². The number of likely N-dealkylation sites (tertiary alicyclic amines) is 1. The summed E-state index contributed by atoms with van der Waals surface area (Å²) in [6.45, 7) is 4.49. The van der Waals surface area contributed by atoms with Gasteiger partial charge in [0.1, 0.15) is 11.5 Å². The van der Waals surface area contributed by atoms with Gasteiger partial charge in [0.25, 0.3) is 0 Å². The van der Waals surface area contributed by atoms with Crippen LogP contribution >= 0.6 is 0 Å². The Kier molecular flexibility index (Phi) is 5.61. The number of piperidine rings is 1. The largest absolute Gasteiger partial charge is 0.465 e. The second-order valence-corrected chi connectivity index (χ2v) is 5.28. The summed E-state index contributed by atoms with van der Waals surface area (Å²) in [4.78, 5) is 14.1. The molecule has 2 rings (SSSR count). The summed E-state index contributed by atoms with van der Waals surface area (Å²) >= 11 is 0. The van der Waals surface area contributed by atoms with Crippen LogP contribution in [0.25, 0.3) is 0 Å². The molecule has 1 amide bonds. The minimum Gasteiger partial charge on any atom is -0.465 e. The first-order valence-corrected chi connectivity index (χ1v) is 7.27. The Balaban J connectivity index is 1.86. The van der Waals surface area contributed by atoms with Crippen molar-refractivity contribution in [3.63, 3.8) is 0 Å². The highest BCUT2D eigenvalue weighted by Crippen LogP contribution is 2.16. The second-order valence-electron chi connectivity index (χ2n) is 5.28. The van der Waals surface area contributed by atoms with Crippen molar-refractivity contribution in [3.05, 3.63) is 23.7 Å². The third-order valence-electron chi connectivity index (χ3n) is 3.65. The average molecular weight is 280 g/mol. The van der Waals surface area contributed by atoms with Gasteiger partial charge in [-0.2, -0.15) is 0 Å². The molecule has 5 nitrogen and oxygen atoms in total. The van der Waals surface area contributed by atoms with Gasteiger partial charge in [-0.05, 0) is 38.3 Å². The van der Waals surface area contributed by atoms with Crippen molar-refractivity contribution in [2.24, 2.45) is 0 Å². The van der Waals surface area contributed by atoms with E-state index in [1.165, 1.54) is 6.42 Å². The molecule has 1 aliphatic heterocycles. The van der Waals surface area contributed by atoms with Gasteiger partial charge in [-0.25, -0.2) is 0 Å². The quantitative estimate of drug-likeness (QED) is 0.864. The number of nitrogens with one attached hydrogen (secondary N) is 1. The third-order valence-corrected chi connectivity index (χ3v) is 3.65. The van der Waals surface area contributed by atoms with Crippen LogP contribution in [0.3, 0.4) is 0 Å². The third kappa shape index (κ3) is 4.08. The number of carbonyl (C=O) groups is 1. The fourth-order valence-electron chi connectivity index (χ4n) is 2.51. The van der Waals surface area contributed by atoms with E-state index in [0.717, 1.165) is 37.5 Å². The first-order chi connectivity index (χ1) is 9.70. The minimum atomic E-state index is -0.0811. The molecule has 0 spiro atoms. The Morgan fingerprint density at radius 2 is 2.15 bits per heavy atom. The molecular weight excluding hydrogens is 256 g/mol. The van der Waals surface area contributed by atoms with Gasteiger partial charge >= 0.3 is 0 Å². The number of ether oxygens (including phenoxy) is 1. The zero-order chi connectivity index (χ0) is 14.4. The van der Waals surface area contributed by atoms with Crippen molar-refractivity contribution in [1.82, 2.24) is 10.2 Å². The molecule has 0 bridgehead atoms. The minimum absolute atomic E-state index is 0.0811. The first-order valence-electron chi connectivity index (χ1n) is 7.27. The molecule has 20 heavy (non-hydrogen) atoms. The van der Waals surface area contributed by atoms with Crippen LogP contribution in [0.2, 0.25) is 0 Å². The lowest BCUT2D eigenvalue weighted by Crippen LogP contribution is -2.42.